The molecule has 1 aliphatic rings. The van der Waals surface area contributed by atoms with Gasteiger partial charge in [-0.1, -0.05) is 13.8 Å². The molecule has 2 nitrogen and oxygen atoms in total. The van der Waals surface area contributed by atoms with Gasteiger partial charge in [-0.05, 0) is 12.3 Å². The lowest BCUT2D eigenvalue weighted by Crippen LogP contribution is -2.39. The summed E-state index contributed by atoms with van der Waals surface area (Å²) in [6, 6.07) is 0.190. The highest BCUT2D eigenvalue weighted by atomic mass is 19.1. The van der Waals surface area contributed by atoms with E-state index in [1.165, 1.54) is 0 Å². The van der Waals surface area contributed by atoms with Gasteiger partial charge in [-0.15, -0.1) is 0 Å². The predicted molar refractivity (Wildman–Crippen MR) is 48.8 cm³/mol. The van der Waals surface area contributed by atoms with E-state index in [4.69, 9.17) is 5.73 Å². The highest BCUT2D eigenvalue weighted by molar-refractivity contribution is 4.79. The van der Waals surface area contributed by atoms with Crippen molar-refractivity contribution in [3.05, 3.63) is 0 Å². The lowest BCUT2D eigenvalue weighted by Gasteiger charge is -2.22. The van der Waals surface area contributed by atoms with Gasteiger partial charge in [-0.3, -0.25) is 4.90 Å². The van der Waals surface area contributed by atoms with Crippen LogP contribution in [-0.4, -0.2) is 36.7 Å². The van der Waals surface area contributed by atoms with Gasteiger partial charge in [-0.25, -0.2) is 4.39 Å². The minimum Gasteiger partial charge on any atom is -0.326 e. The van der Waals surface area contributed by atoms with E-state index in [-0.39, 0.29) is 6.04 Å². The molecule has 2 N–H and O–H groups in total. The second kappa shape index (κ2) is 4.19. The molecule has 0 spiro atoms. The Morgan fingerprint density at radius 2 is 2.25 bits per heavy atom. The number of likely N-dealkylation sites (tertiary alicyclic amines) is 1. The lowest BCUT2D eigenvalue weighted by atomic mass is 10.1. The number of halogens is 1. The average molecular weight is 174 g/mol. The Morgan fingerprint density at radius 1 is 1.58 bits per heavy atom. The maximum absolute atomic E-state index is 12.7. The third kappa shape index (κ3) is 2.72. The quantitative estimate of drug-likeness (QED) is 0.692. The zero-order valence-electron chi connectivity index (χ0n) is 7.96. The van der Waals surface area contributed by atoms with E-state index in [1.54, 1.807) is 0 Å². The second-order valence-corrected chi connectivity index (χ2v) is 4.05. The molecule has 12 heavy (non-hydrogen) atoms. The summed E-state index contributed by atoms with van der Waals surface area (Å²) in [5.41, 5.74) is 5.88. The van der Waals surface area contributed by atoms with E-state index in [0.717, 1.165) is 13.1 Å². The Kier molecular flexibility index (Phi) is 3.47. The molecule has 0 aliphatic carbocycles. The highest BCUT2D eigenvalue weighted by Gasteiger charge is 2.23. The van der Waals surface area contributed by atoms with Gasteiger partial charge < -0.3 is 5.73 Å². The molecular weight excluding hydrogens is 155 g/mol. The van der Waals surface area contributed by atoms with Gasteiger partial charge in [0.1, 0.15) is 6.17 Å². The molecule has 72 valence electrons. The van der Waals surface area contributed by atoms with Gasteiger partial charge in [0.15, 0.2) is 0 Å². The Balaban J connectivity index is 2.23. The molecule has 1 fully saturated rings. The van der Waals surface area contributed by atoms with E-state index < -0.39 is 6.17 Å². The van der Waals surface area contributed by atoms with Crippen LogP contribution in [0.3, 0.4) is 0 Å². The Hall–Kier alpha value is -0.150. The van der Waals surface area contributed by atoms with E-state index in [0.29, 0.717) is 18.9 Å². The summed E-state index contributed by atoms with van der Waals surface area (Å²) in [5, 5.41) is 0. The second-order valence-electron chi connectivity index (χ2n) is 4.05. The first-order chi connectivity index (χ1) is 5.59. The zero-order valence-corrected chi connectivity index (χ0v) is 7.96. The van der Waals surface area contributed by atoms with Crippen LogP contribution in [0.15, 0.2) is 0 Å². The summed E-state index contributed by atoms with van der Waals surface area (Å²) in [6.45, 7) is 6.52. The summed E-state index contributed by atoms with van der Waals surface area (Å²) < 4.78 is 12.7. The number of alkyl halides is 1. The topological polar surface area (TPSA) is 29.3 Å². The molecule has 0 saturated carbocycles. The van der Waals surface area contributed by atoms with Crippen LogP contribution in [0.1, 0.15) is 20.3 Å². The predicted octanol–water partition coefficient (Wildman–Crippen LogP) is 1.01. The van der Waals surface area contributed by atoms with Crippen molar-refractivity contribution in [3.8, 4) is 0 Å². The third-order valence-corrected chi connectivity index (χ3v) is 2.54. The van der Waals surface area contributed by atoms with Crippen LogP contribution in [0.5, 0.6) is 0 Å². The molecule has 1 rings (SSSR count). The van der Waals surface area contributed by atoms with Crippen molar-refractivity contribution in [1.82, 2.24) is 4.90 Å². The van der Waals surface area contributed by atoms with Crippen LogP contribution in [-0.2, 0) is 0 Å². The van der Waals surface area contributed by atoms with Crippen LogP contribution in [0.25, 0.3) is 0 Å². The zero-order chi connectivity index (χ0) is 9.14. The Bertz CT molecular complexity index is 138. The van der Waals surface area contributed by atoms with Gasteiger partial charge in [-0.2, -0.15) is 0 Å². The van der Waals surface area contributed by atoms with Crippen molar-refractivity contribution >= 4 is 0 Å². The van der Waals surface area contributed by atoms with E-state index in [1.807, 2.05) is 0 Å². The molecule has 0 aromatic heterocycles. The van der Waals surface area contributed by atoms with Gasteiger partial charge in [0, 0.05) is 25.7 Å². The fourth-order valence-corrected chi connectivity index (χ4v) is 1.46. The van der Waals surface area contributed by atoms with E-state index in [2.05, 4.69) is 18.7 Å². The molecule has 0 amide bonds. The van der Waals surface area contributed by atoms with Crippen molar-refractivity contribution in [2.24, 2.45) is 11.7 Å². The lowest BCUT2D eigenvalue weighted by molar-refractivity contribution is 0.257. The fraction of sp³-hybridized carbons (Fsp3) is 1.00. The third-order valence-electron chi connectivity index (χ3n) is 2.54. The van der Waals surface area contributed by atoms with Crippen LogP contribution >= 0.6 is 0 Å². The van der Waals surface area contributed by atoms with Crippen molar-refractivity contribution in [2.45, 2.75) is 32.5 Å². The number of nitrogens with zero attached hydrogens (tertiary/aromatic N) is 1. The van der Waals surface area contributed by atoms with Crippen molar-refractivity contribution in [1.29, 1.82) is 0 Å². The summed E-state index contributed by atoms with van der Waals surface area (Å²) >= 11 is 0. The molecule has 1 saturated heterocycles. The molecule has 2 atom stereocenters. The first-order valence-electron chi connectivity index (χ1n) is 4.71. The molecule has 0 aromatic carbocycles. The maximum atomic E-state index is 12.7. The van der Waals surface area contributed by atoms with Crippen LogP contribution < -0.4 is 5.73 Å². The van der Waals surface area contributed by atoms with E-state index in [9.17, 15) is 4.39 Å². The largest absolute Gasteiger partial charge is 0.326 e. The van der Waals surface area contributed by atoms with Gasteiger partial charge >= 0.3 is 0 Å². The highest BCUT2D eigenvalue weighted by Crippen LogP contribution is 2.13. The summed E-state index contributed by atoms with van der Waals surface area (Å²) in [7, 11) is 0. The summed E-state index contributed by atoms with van der Waals surface area (Å²) in [5.74, 6) is 0.490. The molecule has 3 heteroatoms. The van der Waals surface area contributed by atoms with Crippen molar-refractivity contribution in [3.63, 3.8) is 0 Å². The molecule has 1 aliphatic heterocycles. The fourth-order valence-electron chi connectivity index (χ4n) is 1.46. The first-order valence-corrected chi connectivity index (χ1v) is 4.71. The number of rotatable bonds is 3. The van der Waals surface area contributed by atoms with Crippen molar-refractivity contribution < 1.29 is 4.39 Å². The normalized spacial score (nSPS) is 28.2. The molecule has 1 heterocycles. The molecular formula is C9H19FN2. The number of nitrogens with two attached hydrogens (primary N) is 1. The molecule has 1 unspecified atom stereocenters. The van der Waals surface area contributed by atoms with Crippen molar-refractivity contribution in [2.75, 3.05) is 19.6 Å². The van der Waals surface area contributed by atoms with Crippen LogP contribution in [0, 0.1) is 5.92 Å². The molecule has 0 radical (unpaired) electrons. The van der Waals surface area contributed by atoms with E-state index >= 15 is 0 Å². The number of hydrogen-bond acceptors (Lipinski definition) is 2. The molecule has 0 aromatic rings. The summed E-state index contributed by atoms with van der Waals surface area (Å²) in [6.07, 6.45) is 0.0644. The minimum absolute atomic E-state index is 0.190. The smallest absolute Gasteiger partial charge is 0.114 e. The standard InChI is InChI=1S/C9H19FN2/c1-7(2)9(11)6-12-4-3-8(10)5-12/h7-9H,3-6,11H2,1-2H3/t8?,9-/m0/s1. The SMILES string of the molecule is CC(C)[C@@H](N)CN1CCC(F)C1. The monoisotopic (exact) mass is 174 g/mol. The number of hydrogen-bond donors (Lipinski definition) is 1. The summed E-state index contributed by atoms with van der Waals surface area (Å²) in [4.78, 5) is 2.12. The first kappa shape index (κ1) is 9.93. The maximum Gasteiger partial charge on any atom is 0.114 e. The average Bonchev–Trinajstić information content (AvgIpc) is 2.35. The van der Waals surface area contributed by atoms with Gasteiger partial charge in [0.25, 0.3) is 0 Å². The van der Waals surface area contributed by atoms with Crippen LogP contribution in [0.2, 0.25) is 0 Å². The Labute approximate surface area is 73.9 Å². The van der Waals surface area contributed by atoms with Gasteiger partial charge in [0.05, 0.1) is 0 Å². The van der Waals surface area contributed by atoms with Crippen LogP contribution in [0.4, 0.5) is 4.39 Å². The van der Waals surface area contributed by atoms with Gasteiger partial charge in [0.2, 0.25) is 0 Å². The molecule has 0 bridgehead atoms. The minimum atomic E-state index is -0.621. The Morgan fingerprint density at radius 3 is 2.67 bits per heavy atom.